The van der Waals surface area contributed by atoms with Crippen molar-refractivity contribution in [1.82, 2.24) is 0 Å². The van der Waals surface area contributed by atoms with Crippen LogP contribution in [0.1, 0.15) is 32.3 Å². The molecule has 0 aromatic heterocycles. The number of benzene rings is 1. The van der Waals surface area contributed by atoms with Crippen molar-refractivity contribution in [3.63, 3.8) is 0 Å². The summed E-state index contributed by atoms with van der Waals surface area (Å²) >= 11 is 0. The summed E-state index contributed by atoms with van der Waals surface area (Å²) in [6, 6.07) is 9.02. The zero-order valence-corrected chi connectivity index (χ0v) is 14.9. The van der Waals surface area contributed by atoms with Crippen molar-refractivity contribution in [1.29, 1.82) is 0 Å². The molecule has 2 nitrogen and oxygen atoms in total. The van der Waals surface area contributed by atoms with Crippen LogP contribution in [0.3, 0.4) is 0 Å². The second kappa shape index (κ2) is 5.66. The first-order valence-electron chi connectivity index (χ1n) is 9.38. The molecule has 0 amide bonds. The molecule has 1 heterocycles. The lowest BCUT2D eigenvalue weighted by Gasteiger charge is -2.56. The molecule has 0 radical (unpaired) electrons. The SMILES string of the molecule is Cc1ccc(N2CC[NH+](CC3=CC[C@@H]4C[C@H]3C4(C)C)CC2)cc1. The van der Waals surface area contributed by atoms with Crippen molar-refractivity contribution in [2.45, 2.75) is 33.6 Å². The van der Waals surface area contributed by atoms with Gasteiger partial charge in [-0.2, -0.15) is 0 Å². The average Bonchev–Trinajstić information content (AvgIpc) is 2.56. The van der Waals surface area contributed by atoms with Crippen LogP contribution in [0.5, 0.6) is 0 Å². The lowest BCUT2D eigenvalue weighted by molar-refractivity contribution is -0.896. The summed E-state index contributed by atoms with van der Waals surface area (Å²) in [5, 5.41) is 0. The highest BCUT2D eigenvalue weighted by Crippen LogP contribution is 2.58. The van der Waals surface area contributed by atoms with Gasteiger partial charge in [0.25, 0.3) is 0 Å². The van der Waals surface area contributed by atoms with Gasteiger partial charge in [-0.3, -0.25) is 0 Å². The molecule has 1 aliphatic heterocycles. The van der Waals surface area contributed by atoms with E-state index < -0.39 is 0 Å². The number of piperazine rings is 1. The Labute approximate surface area is 141 Å². The van der Waals surface area contributed by atoms with Crippen LogP contribution in [0.4, 0.5) is 5.69 Å². The molecule has 0 spiro atoms. The van der Waals surface area contributed by atoms with Gasteiger partial charge >= 0.3 is 0 Å². The Morgan fingerprint density at radius 2 is 1.83 bits per heavy atom. The second-order valence-corrected chi connectivity index (χ2v) is 8.57. The molecule has 0 unspecified atom stereocenters. The first kappa shape index (κ1) is 15.3. The van der Waals surface area contributed by atoms with E-state index in [1.54, 1.807) is 10.5 Å². The van der Waals surface area contributed by atoms with E-state index in [0.29, 0.717) is 5.41 Å². The van der Waals surface area contributed by atoms with Gasteiger partial charge in [0.05, 0.1) is 32.7 Å². The monoisotopic (exact) mass is 311 g/mol. The Morgan fingerprint density at radius 1 is 1.13 bits per heavy atom. The molecule has 1 aromatic rings. The second-order valence-electron chi connectivity index (χ2n) is 8.57. The lowest BCUT2D eigenvalue weighted by Crippen LogP contribution is -3.15. The van der Waals surface area contributed by atoms with E-state index >= 15 is 0 Å². The van der Waals surface area contributed by atoms with Crippen molar-refractivity contribution < 1.29 is 4.90 Å². The minimum atomic E-state index is 0.577. The predicted molar refractivity (Wildman–Crippen MR) is 97.0 cm³/mol. The number of hydrogen-bond donors (Lipinski definition) is 1. The summed E-state index contributed by atoms with van der Waals surface area (Å²) in [6.07, 6.45) is 5.38. The highest BCUT2D eigenvalue weighted by molar-refractivity contribution is 5.47. The number of quaternary nitrogens is 1. The fourth-order valence-corrected chi connectivity index (χ4v) is 4.98. The molecule has 2 atom stereocenters. The first-order chi connectivity index (χ1) is 11.0. The van der Waals surface area contributed by atoms with Crippen molar-refractivity contribution >= 4 is 5.69 Å². The molecular formula is C21H31N2+. The summed E-state index contributed by atoms with van der Waals surface area (Å²) in [5.74, 6) is 1.84. The highest BCUT2D eigenvalue weighted by atomic mass is 15.3. The van der Waals surface area contributed by atoms with Crippen molar-refractivity contribution in [2.24, 2.45) is 17.3 Å². The molecule has 1 N–H and O–H groups in total. The largest absolute Gasteiger partial charge is 0.360 e. The Hall–Kier alpha value is -1.28. The van der Waals surface area contributed by atoms with Gasteiger partial charge in [0.2, 0.25) is 0 Å². The highest BCUT2D eigenvalue weighted by Gasteiger charge is 2.51. The Bertz CT molecular complexity index is 591. The van der Waals surface area contributed by atoms with Crippen LogP contribution in [-0.4, -0.2) is 32.7 Å². The third kappa shape index (κ3) is 2.71. The van der Waals surface area contributed by atoms with Crippen molar-refractivity contribution in [2.75, 3.05) is 37.6 Å². The smallest absolute Gasteiger partial charge is 0.0991 e. The Kier molecular flexibility index (Phi) is 3.76. The van der Waals surface area contributed by atoms with Gasteiger partial charge < -0.3 is 9.80 Å². The average molecular weight is 311 g/mol. The predicted octanol–water partition coefficient (Wildman–Crippen LogP) is 2.69. The number of hydrogen-bond acceptors (Lipinski definition) is 1. The van der Waals surface area contributed by atoms with Gasteiger partial charge in [0, 0.05) is 5.69 Å². The number of allylic oxidation sites excluding steroid dienone is 1. The topological polar surface area (TPSA) is 7.68 Å². The number of fused-ring (bicyclic) bond motifs is 1. The van der Waals surface area contributed by atoms with E-state index in [1.165, 1.54) is 56.8 Å². The quantitative estimate of drug-likeness (QED) is 0.844. The van der Waals surface area contributed by atoms with E-state index in [1.807, 2.05) is 0 Å². The molecule has 124 valence electrons. The maximum absolute atomic E-state index is 2.59. The summed E-state index contributed by atoms with van der Waals surface area (Å²) in [7, 11) is 0. The lowest BCUT2D eigenvalue weighted by atomic mass is 9.49. The number of aryl methyl sites for hydroxylation is 1. The summed E-state index contributed by atoms with van der Waals surface area (Å²) in [5.41, 5.74) is 5.10. The summed E-state index contributed by atoms with van der Waals surface area (Å²) < 4.78 is 0. The standard InChI is InChI=1S/C21H30N2/c1-16-4-8-19(9-5-16)23-12-10-22(11-13-23)15-17-6-7-18-14-20(17)21(18,2)3/h4-6,8-9,18,20H,7,10-15H2,1-3H3/p+1/t18-,20-/m1/s1. The Morgan fingerprint density at radius 3 is 2.43 bits per heavy atom. The summed E-state index contributed by atoms with van der Waals surface area (Å²) in [6.45, 7) is 13.4. The fourth-order valence-electron chi connectivity index (χ4n) is 4.98. The molecule has 2 heteroatoms. The Balaban J connectivity index is 1.34. The van der Waals surface area contributed by atoms with Crippen molar-refractivity contribution in [3.8, 4) is 0 Å². The molecule has 1 saturated carbocycles. The van der Waals surface area contributed by atoms with E-state index in [0.717, 1.165) is 11.8 Å². The number of anilines is 1. The first-order valence-corrected chi connectivity index (χ1v) is 9.38. The maximum atomic E-state index is 2.59. The number of rotatable bonds is 3. The third-order valence-corrected chi connectivity index (χ3v) is 6.91. The maximum Gasteiger partial charge on any atom is 0.0991 e. The van der Waals surface area contributed by atoms with Crippen LogP contribution in [0.25, 0.3) is 0 Å². The van der Waals surface area contributed by atoms with E-state index in [2.05, 4.69) is 56.0 Å². The van der Waals surface area contributed by atoms with Gasteiger partial charge in [-0.15, -0.1) is 0 Å². The van der Waals surface area contributed by atoms with Crippen molar-refractivity contribution in [3.05, 3.63) is 41.5 Å². The van der Waals surface area contributed by atoms with Crippen LogP contribution < -0.4 is 9.80 Å². The molecule has 1 aromatic carbocycles. The molecule has 23 heavy (non-hydrogen) atoms. The third-order valence-electron chi connectivity index (χ3n) is 6.91. The zero-order chi connectivity index (χ0) is 16.0. The fraction of sp³-hybridized carbons (Fsp3) is 0.619. The van der Waals surface area contributed by atoms with E-state index in [9.17, 15) is 0 Å². The molecule has 4 aliphatic rings. The van der Waals surface area contributed by atoms with Crippen LogP contribution in [0.2, 0.25) is 0 Å². The normalized spacial score (nSPS) is 29.9. The molecule has 2 bridgehead atoms. The summed E-state index contributed by atoms with van der Waals surface area (Å²) in [4.78, 5) is 4.35. The minimum Gasteiger partial charge on any atom is -0.360 e. The van der Waals surface area contributed by atoms with Crippen LogP contribution in [0.15, 0.2) is 35.9 Å². The van der Waals surface area contributed by atoms with Gasteiger partial charge in [-0.1, -0.05) is 37.6 Å². The molecule has 5 rings (SSSR count). The zero-order valence-electron chi connectivity index (χ0n) is 14.9. The van der Waals surface area contributed by atoms with Gasteiger partial charge in [0.15, 0.2) is 0 Å². The van der Waals surface area contributed by atoms with Crippen LogP contribution in [0, 0.1) is 24.2 Å². The van der Waals surface area contributed by atoms with E-state index in [-0.39, 0.29) is 0 Å². The minimum absolute atomic E-state index is 0.577. The van der Waals surface area contributed by atoms with Gasteiger partial charge in [-0.05, 0) is 54.7 Å². The molecule has 1 saturated heterocycles. The van der Waals surface area contributed by atoms with E-state index in [4.69, 9.17) is 0 Å². The number of nitrogens with zero attached hydrogens (tertiary/aromatic N) is 1. The molecule has 2 fully saturated rings. The van der Waals surface area contributed by atoms with Gasteiger partial charge in [-0.25, -0.2) is 0 Å². The van der Waals surface area contributed by atoms with Crippen LogP contribution in [-0.2, 0) is 0 Å². The number of nitrogens with one attached hydrogen (secondary N) is 1. The van der Waals surface area contributed by atoms with Crippen LogP contribution >= 0.6 is 0 Å². The molecular weight excluding hydrogens is 280 g/mol. The molecule has 3 aliphatic carbocycles. The van der Waals surface area contributed by atoms with Gasteiger partial charge in [0.1, 0.15) is 0 Å².